The Hall–Kier alpha value is -2.95. The van der Waals surface area contributed by atoms with Crippen molar-refractivity contribution < 1.29 is 9.84 Å². The van der Waals surface area contributed by atoms with Crippen molar-refractivity contribution in [3.63, 3.8) is 0 Å². The Morgan fingerprint density at radius 1 is 1.18 bits per heavy atom. The van der Waals surface area contributed by atoms with Gasteiger partial charge in [-0.15, -0.1) is 0 Å². The van der Waals surface area contributed by atoms with Crippen LogP contribution in [0.2, 0.25) is 0 Å². The lowest BCUT2D eigenvalue weighted by Crippen LogP contribution is -1.98. The zero-order valence-corrected chi connectivity index (χ0v) is 12.2. The average Bonchev–Trinajstić information content (AvgIpc) is 2.87. The number of nitrogens with two attached hydrogens (primary N) is 1. The summed E-state index contributed by atoms with van der Waals surface area (Å²) in [7, 11) is 1.78. The summed E-state index contributed by atoms with van der Waals surface area (Å²) in [5, 5.41) is 14.1. The number of phenolic OH excluding ortho intramolecular Hbond substituents is 1. The summed E-state index contributed by atoms with van der Waals surface area (Å²) < 4.78 is 7.32. The molecule has 5 nitrogen and oxygen atoms in total. The van der Waals surface area contributed by atoms with Crippen LogP contribution in [0.3, 0.4) is 0 Å². The molecule has 0 aliphatic heterocycles. The molecule has 3 rings (SSSR count). The molecule has 1 aromatic heterocycles. The summed E-state index contributed by atoms with van der Waals surface area (Å²) in [6.45, 7) is 0.389. The van der Waals surface area contributed by atoms with E-state index in [1.807, 2.05) is 30.3 Å². The summed E-state index contributed by atoms with van der Waals surface area (Å²) in [5.74, 6) is 1.09. The molecule has 3 aromatic rings. The number of hydrogen-bond acceptors (Lipinski definition) is 4. The van der Waals surface area contributed by atoms with E-state index in [4.69, 9.17) is 10.5 Å². The molecule has 3 N–H and O–H groups in total. The van der Waals surface area contributed by atoms with E-state index in [1.54, 1.807) is 36.1 Å². The highest BCUT2D eigenvalue weighted by molar-refractivity contribution is 5.75. The number of aromatic nitrogens is 2. The molecular weight excluding hydrogens is 278 g/mol. The van der Waals surface area contributed by atoms with Crippen LogP contribution in [0.4, 0.5) is 5.82 Å². The molecule has 0 atom stereocenters. The fourth-order valence-electron chi connectivity index (χ4n) is 2.20. The number of rotatable bonds is 4. The SMILES string of the molecule is Cn1ncc(-c2ccc(O)c(OCc3ccccc3)c2)c1N. The molecule has 5 heteroatoms. The van der Waals surface area contributed by atoms with Gasteiger partial charge in [0.15, 0.2) is 11.5 Å². The molecule has 0 saturated heterocycles. The van der Waals surface area contributed by atoms with E-state index >= 15 is 0 Å². The monoisotopic (exact) mass is 295 g/mol. The van der Waals surface area contributed by atoms with Gasteiger partial charge in [-0.1, -0.05) is 36.4 Å². The van der Waals surface area contributed by atoms with Crippen molar-refractivity contribution in [3.05, 3.63) is 60.3 Å². The standard InChI is InChI=1S/C17H17N3O2/c1-20-17(18)14(10-19-20)13-7-8-15(21)16(9-13)22-11-12-5-3-2-4-6-12/h2-10,21H,11,18H2,1H3. The van der Waals surface area contributed by atoms with Crippen molar-refractivity contribution in [3.8, 4) is 22.6 Å². The second kappa shape index (κ2) is 5.81. The summed E-state index contributed by atoms with van der Waals surface area (Å²) >= 11 is 0. The molecule has 112 valence electrons. The number of nitrogens with zero attached hydrogens (tertiary/aromatic N) is 2. The zero-order chi connectivity index (χ0) is 15.5. The lowest BCUT2D eigenvalue weighted by Gasteiger charge is -2.10. The van der Waals surface area contributed by atoms with Crippen LogP contribution in [0.25, 0.3) is 11.1 Å². The second-order valence-electron chi connectivity index (χ2n) is 5.02. The minimum Gasteiger partial charge on any atom is -0.504 e. The Kier molecular flexibility index (Phi) is 3.70. The predicted molar refractivity (Wildman–Crippen MR) is 85.5 cm³/mol. The predicted octanol–water partition coefficient (Wildman–Crippen LogP) is 2.95. The molecule has 0 aliphatic carbocycles. The number of aromatic hydroxyl groups is 1. The van der Waals surface area contributed by atoms with Gasteiger partial charge in [0, 0.05) is 12.6 Å². The lowest BCUT2D eigenvalue weighted by molar-refractivity contribution is 0.289. The van der Waals surface area contributed by atoms with Crippen molar-refractivity contribution >= 4 is 5.82 Å². The van der Waals surface area contributed by atoms with Crippen LogP contribution in [0.1, 0.15) is 5.56 Å². The van der Waals surface area contributed by atoms with Gasteiger partial charge >= 0.3 is 0 Å². The molecule has 0 fully saturated rings. The molecule has 0 unspecified atom stereocenters. The third-order valence-corrected chi connectivity index (χ3v) is 3.49. The van der Waals surface area contributed by atoms with Crippen LogP contribution < -0.4 is 10.5 Å². The third kappa shape index (κ3) is 2.74. The Bertz CT molecular complexity index is 782. The maximum atomic E-state index is 9.96. The van der Waals surface area contributed by atoms with Gasteiger partial charge in [-0.25, -0.2) is 0 Å². The van der Waals surface area contributed by atoms with E-state index in [9.17, 15) is 5.11 Å². The van der Waals surface area contributed by atoms with E-state index in [2.05, 4.69) is 5.10 Å². The highest BCUT2D eigenvalue weighted by Crippen LogP contribution is 2.34. The number of phenols is 1. The minimum absolute atomic E-state index is 0.0992. The number of benzene rings is 2. The first-order chi connectivity index (χ1) is 10.6. The van der Waals surface area contributed by atoms with Crippen LogP contribution >= 0.6 is 0 Å². The molecule has 22 heavy (non-hydrogen) atoms. The van der Waals surface area contributed by atoms with Crippen LogP contribution in [-0.4, -0.2) is 14.9 Å². The van der Waals surface area contributed by atoms with Gasteiger partial charge in [0.05, 0.1) is 6.20 Å². The minimum atomic E-state index is 0.0992. The molecule has 0 saturated carbocycles. The van der Waals surface area contributed by atoms with Crippen molar-refractivity contribution in [2.45, 2.75) is 6.61 Å². The Morgan fingerprint density at radius 3 is 2.64 bits per heavy atom. The van der Waals surface area contributed by atoms with Crippen molar-refractivity contribution in [1.82, 2.24) is 9.78 Å². The van der Waals surface area contributed by atoms with Gasteiger partial charge < -0.3 is 15.6 Å². The van der Waals surface area contributed by atoms with E-state index < -0.39 is 0 Å². The van der Waals surface area contributed by atoms with Crippen molar-refractivity contribution in [2.24, 2.45) is 7.05 Å². The highest BCUT2D eigenvalue weighted by atomic mass is 16.5. The zero-order valence-electron chi connectivity index (χ0n) is 12.2. The first-order valence-electron chi connectivity index (χ1n) is 6.93. The van der Waals surface area contributed by atoms with Crippen LogP contribution in [0.15, 0.2) is 54.7 Å². The molecule has 0 radical (unpaired) electrons. The smallest absolute Gasteiger partial charge is 0.162 e. The summed E-state index contributed by atoms with van der Waals surface area (Å²) in [4.78, 5) is 0. The van der Waals surface area contributed by atoms with Gasteiger partial charge in [-0.05, 0) is 23.3 Å². The van der Waals surface area contributed by atoms with Crippen molar-refractivity contribution in [2.75, 3.05) is 5.73 Å². The van der Waals surface area contributed by atoms with Gasteiger partial charge in [-0.3, -0.25) is 4.68 Å². The molecule has 2 aromatic carbocycles. The van der Waals surface area contributed by atoms with Gasteiger partial charge in [0.2, 0.25) is 0 Å². The average molecular weight is 295 g/mol. The summed E-state index contributed by atoms with van der Waals surface area (Å²) in [5.41, 5.74) is 8.69. The van der Waals surface area contributed by atoms with E-state index in [-0.39, 0.29) is 5.75 Å². The van der Waals surface area contributed by atoms with E-state index in [0.29, 0.717) is 18.2 Å². The Morgan fingerprint density at radius 2 is 1.95 bits per heavy atom. The van der Waals surface area contributed by atoms with E-state index in [1.165, 1.54) is 0 Å². The quantitative estimate of drug-likeness (QED) is 0.776. The first kappa shape index (κ1) is 14.0. The van der Waals surface area contributed by atoms with Gasteiger partial charge in [-0.2, -0.15) is 5.10 Å². The number of hydrogen-bond donors (Lipinski definition) is 2. The molecular formula is C17H17N3O2. The number of ether oxygens (including phenoxy) is 1. The lowest BCUT2D eigenvalue weighted by atomic mass is 10.1. The molecule has 0 amide bonds. The molecule has 0 aliphatic rings. The number of nitrogen functional groups attached to an aromatic ring is 1. The van der Waals surface area contributed by atoms with Gasteiger partial charge in [0.25, 0.3) is 0 Å². The Balaban J connectivity index is 1.85. The maximum Gasteiger partial charge on any atom is 0.162 e. The number of aryl methyl sites for hydroxylation is 1. The highest BCUT2D eigenvalue weighted by Gasteiger charge is 2.11. The fraction of sp³-hybridized carbons (Fsp3) is 0.118. The molecule has 1 heterocycles. The number of anilines is 1. The second-order valence-corrected chi connectivity index (χ2v) is 5.02. The van der Waals surface area contributed by atoms with Crippen molar-refractivity contribution in [1.29, 1.82) is 0 Å². The van der Waals surface area contributed by atoms with Gasteiger partial charge in [0.1, 0.15) is 12.4 Å². The Labute approximate surface area is 128 Å². The topological polar surface area (TPSA) is 73.3 Å². The summed E-state index contributed by atoms with van der Waals surface area (Å²) in [6, 6.07) is 15.0. The third-order valence-electron chi connectivity index (χ3n) is 3.49. The summed E-state index contributed by atoms with van der Waals surface area (Å²) in [6.07, 6.45) is 1.70. The normalized spacial score (nSPS) is 10.6. The first-order valence-corrected chi connectivity index (χ1v) is 6.93. The fourth-order valence-corrected chi connectivity index (χ4v) is 2.20. The molecule has 0 bridgehead atoms. The van der Waals surface area contributed by atoms with Crippen LogP contribution in [-0.2, 0) is 13.7 Å². The van der Waals surface area contributed by atoms with Crippen LogP contribution in [0.5, 0.6) is 11.5 Å². The van der Waals surface area contributed by atoms with E-state index in [0.717, 1.165) is 16.7 Å². The maximum absolute atomic E-state index is 9.96. The molecule has 0 spiro atoms. The largest absolute Gasteiger partial charge is 0.504 e. The van der Waals surface area contributed by atoms with Crippen LogP contribution in [0, 0.1) is 0 Å².